The molecule has 1 saturated carbocycles. The average Bonchev–Trinajstić information content (AvgIpc) is 3.45. The molecule has 4 aliphatic rings. The van der Waals surface area contributed by atoms with Crippen LogP contribution in [0.1, 0.15) is 93.0 Å². The van der Waals surface area contributed by atoms with Crippen molar-refractivity contribution in [2.75, 3.05) is 44.2 Å². The molecule has 0 spiro atoms. The van der Waals surface area contributed by atoms with E-state index in [1.54, 1.807) is 7.05 Å². The van der Waals surface area contributed by atoms with Gasteiger partial charge in [-0.15, -0.1) is 0 Å². The quantitative estimate of drug-likeness (QED) is 0.353. The number of carbonyl (C=O) groups excluding carboxylic acids is 3. The van der Waals surface area contributed by atoms with E-state index in [1.807, 2.05) is 36.4 Å². The van der Waals surface area contributed by atoms with Crippen LogP contribution < -0.4 is 10.2 Å². The first-order valence-corrected chi connectivity index (χ1v) is 18.0. The average molecular weight is 675 g/mol. The maximum atomic E-state index is 16.0. The zero-order valence-electron chi connectivity index (χ0n) is 28.6. The van der Waals surface area contributed by atoms with Crippen molar-refractivity contribution in [1.29, 1.82) is 0 Å². The highest BCUT2D eigenvalue weighted by atomic mass is 19.1. The minimum Gasteiger partial charge on any atom is -0.449 e. The van der Waals surface area contributed by atoms with Gasteiger partial charge >= 0.3 is 12.1 Å². The van der Waals surface area contributed by atoms with Gasteiger partial charge in [-0.25, -0.2) is 23.9 Å². The predicted octanol–water partition coefficient (Wildman–Crippen LogP) is 5.40. The first kappa shape index (κ1) is 33.4. The Morgan fingerprint density at radius 1 is 0.939 bits per heavy atom. The lowest BCUT2D eigenvalue weighted by atomic mass is 9.82. The SMILES string of the molecule is Cc1ncc(C2CCN(C(=O)OCCC3CCC(N4CCC(c5ccc6c(N7CCC(=O)NC7=O)nn(C)c6c5F)CC4)CC3)CC2)cn1. The Labute approximate surface area is 286 Å². The number of nitrogens with zero attached hydrogens (tertiary/aromatic N) is 7. The summed E-state index contributed by atoms with van der Waals surface area (Å²) >= 11 is 0. The number of nitrogens with one attached hydrogen (secondary N) is 1. The number of benzene rings is 1. The number of halogens is 1. The van der Waals surface area contributed by atoms with Gasteiger partial charge in [0.2, 0.25) is 5.91 Å². The molecule has 3 saturated heterocycles. The fourth-order valence-corrected chi connectivity index (χ4v) is 8.39. The van der Waals surface area contributed by atoms with Crippen molar-refractivity contribution in [1.82, 2.24) is 34.9 Å². The van der Waals surface area contributed by atoms with E-state index in [4.69, 9.17) is 4.74 Å². The van der Waals surface area contributed by atoms with Crippen LogP contribution in [0.15, 0.2) is 24.5 Å². The van der Waals surface area contributed by atoms with Gasteiger partial charge in [-0.05, 0) is 113 Å². The third-order valence-corrected chi connectivity index (χ3v) is 11.3. The molecule has 0 radical (unpaired) electrons. The number of fused-ring (bicyclic) bond motifs is 1. The van der Waals surface area contributed by atoms with Crippen molar-refractivity contribution < 1.29 is 23.5 Å². The number of rotatable bonds is 7. The van der Waals surface area contributed by atoms with Crippen LogP contribution in [0.2, 0.25) is 0 Å². The lowest BCUT2D eigenvalue weighted by molar-refractivity contribution is -0.120. The van der Waals surface area contributed by atoms with E-state index in [0.717, 1.165) is 82.3 Å². The summed E-state index contributed by atoms with van der Waals surface area (Å²) in [6.45, 7) is 5.88. The molecule has 1 aromatic carbocycles. The van der Waals surface area contributed by atoms with E-state index < -0.39 is 6.03 Å². The summed E-state index contributed by atoms with van der Waals surface area (Å²) in [4.78, 5) is 51.2. The number of carbonyl (C=O) groups is 3. The largest absolute Gasteiger partial charge is 0.449 e. The Morgan fingerprint density at radius 3 is 2.33 bits per heavy atom. The Morgan fingerprint density at radius 2 is 1.63 bits per heavy atom. The first-order valence-electron chi connectivity index (χ1n) is 18.0. The van der Waals surface area contributed by atoms with E-state index >= 15 is 4.39 Å². The van der Waals surface area contributed by atoms with Crippen LogP contribution in [0.5, 0.6) is 0 Å². The van der Waals surface area contributed by atoms with Crippen LogP contribution >= 0.6 is 0 Å². The van der Waals surface area contributed by atoms with Gasteiger partial charge in [0.25, 0.3) is 0 Å². The summed E-state index contributed by atoms with van der Waals surface area (Å²) in [6.07, 6.45) is 12.9. The molecule has 49 heavy (non-hydrogen) atoms. The number of piperidine rings is 2. The number of imide groups is 1. The molecule has 4 amide bonds. The Bertz CT molecular complexity index is 1670. The minimum absolute atomic E-state index is 0.128. The number of aryl methyl sites for hydroxylation is 2. The normalized spacial score (nSPS) is 23.2. The molecule has 5 heterocycles. The number of likely N-dealkylation sites (tertiary alicyclic amines) is 2. The lowest BCUT2D eigenvalue weighted by Gasteiger charge is -2.41. The summed E-state index contributed by atoms with van der Waals surface area (Å²) in [6, 6.07) is 3.75. The van der Waals surface area contributed by atoms with Gasteiger partial charge in [0.1, 0.15) is 11.3 Å². The van der Waals surface area contributed by atoms with Crippen LogP contribution in [-0.2, 0) is 16.6 Å². The van der Waals surface area contributed by atoms with Gasteiger partial charge in [0.15, 0.2) is 11.6 Å². The molecule has 1 aliphatic carbocycles. The number of amides is 4. The van der Waals surface area contributed by atoms with Gasteiger partial charge in [-0.2, -0.15) is 5.10 Å². The van der Waals surface area contributed by atoms with Gasteiger partial charge in [-0.1, -0.05) is 6.07 Å². The molecular weight excluding hydrogens is 627 g/mol. The van der Waals surface area contributed by atoms with Crippen molar-refractivity contribution >= 4 is 34.8 Å². The number of urea groups is 1. The molecule has 0 unspecified atom stereocenters. The summed E-state index contributed by atoms with van der Waals surface area (Å²) in [7, 11) is 1.70. The van der Waals surface area contributed by atoms with E-state index in [0.29, 0.717) is 59.9 Å². The minimum atomic E-state index is -0.525. The third-order valence-electron chi connectivity index (χ3n) is 11.3. The van der Waals surface area contributed by atoms with Crippen LogP contribution in [0.4, 0.5) is 19.8 Å². The highest BCUT2D eigenvalue weighted by Crippen LogP contribution is 2.38. The third kappa shape index (κ3) is 7.13. The van der Waals surface area contributed by atoms with E-state index in [-0.39, 0.29) is 36.7 Å². The lowest BCUT2D eigenvalue weighted by Crippen LogP contribution is -2.49. The number of ether oxygens (including phenoxy) is 1. The molecule has 262 valence electrons. The van der Waals surface area contributed by atoms with Crippen LogP contribution in [0, 0.1) is 18.7 Å². The highest BCUT2D eigenvalue weighted by molar-refractivity contribution is 6.08. The number of hydrogen-bond acceptors (Lipinski definition) is 8. The van der Waals surface area contributed by atoms with Crippen molar-refractivity contribution in [2.24, 2.45) is 13.0 Å². The molecule has 0 atom stereocenters. The molecule has 3 aromatic rings. The summed E-state index contributed by atoms with van der Waals surface area (Å²) in [5, 5.41) is 7.37. The van der Waals surface area contributed by atoms with Crippen LogP contribution in [0.3, 0.4) is 0 Å². The van der Waals surface area contributed by atoms with Crippen molar-refractivity contribution in [3.8, 4) is 0 Å². The zero-order valence-corrected chi connectivity index (χ0v) is 28.6. The fraction of sp³-hybridized carbons (Fsp3) is 0.611. The summed E-state index contributed by atoms with van der Waals surface area (Å²) in [5.41, 5.74) is 2.25. The number of aromatic nitrogens is 4. The van der Waals surface area contributed by atoms with Crippen molar-refractivity contribution in [3.63, 3.8) is 0 Å². The van der Waals surface area contributed by atoms with Crippen molar-refractivity contribution in [3.05, 3.63) is 47.3 Å². The second-order valence-electron chi connectivity index (χ2n) is 14.3. The predicted molar refractivity (Wildman–Crippen MR) is 182 cm³/mol. The van der Waals surface area contributed by atoms with E-state index in [2.05, 4.69) is 25.3 Å². The standard InChI is InChI=1S/C36H47FN8O4/c1-23-38-21-27(22-39-23)25-9-17-44(18-10-25)36(48)49-20-14-24-3-5-28(6-4-24)43-15-11-26(12-16-43)29-7-8-30-33(32(29)37)42(2)41-34(30)45-19-13-31(46)40-35(45)47/h7-8,21-22,24-26,28H,3-6,9-20H2,1-2H3,(H,40,46,47). The highest BCUT2D eigenvalue weighted by Gasteiger charge is 2.33. The fourth-order valence-electron chi connectivity index (χ4n) is 8.39. The monoisotopic (exact) mass is 674 g/mol. The Hall–Kier alpha value is -4.13. The van der Waals surface area contributed by atoms with Crippen LogP contribution in [0.25, 0.3) is 10.9 Å². The molecule has 4 fully saturated rings. The Balaban J connectivity index is 0.840. The van der Waals surface area contributed by atoms with Crippen molar-refractivity contribution in [2.45, 2.75) is 89.0 Å². The molecular formula is C36H47FN8O4. The molecule has 13 heteroatoms. The molecule has 12 nitrogen and oxygen atoms in total. The maximum Gasteiger partial charge on any atom is 0.409 e. The second kappa shape index (κ2) is 14.4. The Kier molecular flexibility index (Phi) is 9.80. The topological polar surface area (TPSA) is 126 Å². The molecule has 3 aliphatic heterocycles. The number of hydrogen-bond donors (Lipinski definition) is 1. The summed E-state index contributed by atoms with van der Waals surface area (Å²) in [5.74, 6) is 1.67. The molecule has 2 aromatic heterocycles. The van der Waals surface area contributed by atoms with Gasteiger partial charge < -0.3 is 14.5 Å². The van der Waals surface area contributed by atoms with Gasteiger partial charge in [0.05, 0.1) is 6.61 Å². The van der Waals surface area contributed by atoms with Crippen LogP contribution in [-0.4, -0.2) is 93.0 Å². The molecule has 1 N–H and O–H groups in total. The molecule has 7 rings (SSSR count). The smallest absolute Gasteiger partial charge is 0.409 e. The molecule has 0 bridgehead atoms. The van der Waals surface area contributed by atoms with E-state index in [1.165, 1.54) is 9.58 Å². The number of anilines is 1. The maximum absolute atomic E-state index is 16.0. The summed E-state index contributed by atoms with van der Waals surface area (Å²) < 4.78 is 23.2. The van der Waals surface area contributed by atoms with Gasteiger partial charge in [0, 0.05) is 56.9 Å². The van der Waals surface area contributed by atoms with Gasteiger partial charge in [-0.3, -0.25) is 19.7 Å². The first-order chi connectivity index (χ1) is 23.7. The zero-order chi connectivity index (χ0) is 34.1. The second-order valence-corrected chi connectivity index (χ2v) is 14.3. The van der Waals surface area contributed by atoms with E-state index in [9.17, 15) is 14.4 Å².